The number of rotatable bonds is 4. The van der Waals surface area contributed by atoms with Gasteiger partial charge in [-0.2, -0.15) is 0 Å². The first-order valence-electron chi connectivity index (χ1n) is 5.92. The summed E-state index contributed by atoms with van der Waals surface area (Å²) in [4.78, 5) is 0.175. The van der Waals surface area contributed by atoms with Crippen molar-refractivity contribution in [3.05, 3.63) is 17.6 Å². The zero-order valence-corrected chi connectivity index (χ0v) is 11.1. The van der Waals surface area contributed by atoms with Gasteiger partial charge in [0.05, 0.1) is 6.54 Å². The fraction of sp³-hybridized carbons (Fsp3) is 0.636. The maximum atomic E-state index is 12.2. The van der Waals surface area contributed by atoms with Crippen molar-refractivity contribution >= 4 is 10.0 Å². The highest BCUT2D eigenvalue weighted by Gasteiger charge is 2.25. The molecule has 3 N–H and O–H groups in total. The van der Waals surface area contributed by atoms with Crippen LogP contribution in [0.4, 0.5) is 0 Å². The molecule has 1 fully saturated rings. The second kappa shape index (κ2) is 5.40. The maximum absolute atomic E-state index is 12.2. The van der Waals surface area contributed by atoms with Crippen molar-refractivity contribution in [3.8, 4) is 0 Å². The fourth-order valence-corrected chi connectivity index (χ4v) is 3.50. The van der Waals surface area contributed by atoms with Crippen LogP contribution in [-0.2, 0) is 21.3 Å². The van der Waals surface area contributed by atoms with Gasteiger partial charge < -0.3 is 14.9 Å². The van der Waals surface area contributed by atoms with E-state index in [0.29, 0.717) is 37.6 Å². The molecule has 102 valence electrons. The van der Waals surface area contributed by atoms with Gasteiger partial charge in [0.15, 0.2) is 0 Å². The average molecular weight is 274 g/mol. The highest BCUT2D eigenvalue weighted by molar-refractivity contribution is 7.89. The Morgan fingerprint density at radius 1 is 1.44 bits per heavy atom. The number of ether oxygens (including phenoxy) is 1. The van der Waals surface area contributed by atoms with E-state index in [9.17, 15) is 8.42 Å². The number of hydrogen-bond donors (Lipinski definition) is 2. The lowest BCUT2D eigenvalue weighted by atomic mass is 10.1. The van der Waals surface area contributed by atoms with Gasteiger partial charge in [-0.15, -0.1) is 0 Å². The molecule has 2 rings (SSSR count). The lowest BCUT2D eigenvalue weighted by Crippen LogP contribution is -2.38. The minimum absolute atomic E-state index is 0.0700. The summed E-state index contributed by atoms with van der Waals surface area (Å²) in [7, 11) is -3.53. The third-order valence-corrected chi connectivity index (χ3v) is 4.59. The first kappa shape index (κ1) is 13.5. The Balaban J connectivity index is 2.16. The molecular weight excluding hydrogens is 256 g/mol. The zero-order valence-electron chi connectivity index (χ0n) is 10.3. The highest BCUT2D eigenvalue weighted by atomic mass is 32.2. The van der Waals surface area contributed by atoms with Gasteiger partial charge in [0, 0.05) is 25.3 Å². The van der Waals surface area contributed by atoms with E-state index in [-0.39, 0.29) is 17.5 Å². The van der Waals surface area contributed by atoms with Crippen LogP contribution in [0.3, 0.4) is 0 Å². The molecule has 1 aliphatic rings. The Bertz CT molecular complexity index is 503. The summed E-state index contributed by atoms with van der Waals surface area (Å²) in [5.41, 5.74) is 5.43. The Morgan fingerprint density at radius 2 is 2.11 bits per heavy atom. The maximum Gasteiger partial charge on any atom is 0.244 e. The van der Waals surface area contributed by atoms with E-state index in [1.54, 1.807) is 6.92 Å². The largest absolute Gasteiger partial charge is 0.464 e. The lowest BCUT2D eigenvalue weighted by Gasteiger charge is -2.22. The van der Waals surface area contributed by atoms with Crippen LogP contribution >= 0.6 is 0 Å². The topological polar surface area (TPSA) is 94.6 Å². The molecule has 18 heavy (non-hydrogen) atoms. The zero-order chi connectivity index (χ0) is 13.2. The number of aryl methyl sites for hydroxylation is 1. The standard InChI is InChI=1S/C11H18N2O4S/c1-8-11(6-10(7-12)17-8)18(14,15)13-9-2-4-16-5-3-9/h6,9,13H,2-5,7,12H2,1H3. The van der Waals surface area contributed by atoms with E-state index < -0.39 is 10.0 Å². The number of furan rings is 1. The van der Waals surface area contributed by atoms with Gasteiger partial charge in [-0.3, -0.25) is 0 Å². The van der Waals surface area contributed by atoms with Crippen molar-refractivity contribution in [1.82, 2.24) is 4.72 Å². The minimum Gasteiger partial charge on any atom is -0.464 e. The van der Waals surface area contributed by atoms with Crippen molar-refractivity contribution in [2.24, 2.45) is 5.73 Å². The van der Waals surface area contributed by atoms with Gasteiger partial charge in [0.2, 0.25) is 10.0 Å². The first-order chi connectivity index (χ1) is 8.53. The van der Waals surface area contributed by atoms with Gasteiger partial charge in [0.25, 0.3) is 0 Å². The highest BCUT2D eigenvalue weighted by Crippen LogP contribution is 2.21. The number of hydrogen-bond acceptors (Lipinski definition) is 5. The predicted octanol–water partition coefficient (Wildman–Crippen LogP) is 0.504. The summed E-state index contributed by atoms with van der Waals surface area (Å²) in [6, 6.07) is 1.41. The van der Waals surface area contributed by atoms with Gasteiger partial charge in [-0.1, -0.05) is 0 Å². The molecule has 0 unspecified atom stereocenters. The van der Waals surface area contributed by atoms with E-state index in [1.807, 2.05) is 0 Å². The number of sulfonamides is 1. The van der Waals surface area contributed by atoms with Gasteiger partial charge in [0.1, 0.15) is 16.4 Å². The van der Waals surface area contributed by atoms with Crippen LogP contribution < -0.4 is 10.5 Å². The molecule has 0 aliphatic carbocycles. The summed E-state index contributed by atoms with van der Waals surface area (Å²) < 4.78 is 37.5. The van der Waals surface area contributed by atoms with Crippen LogP contribution in [0.15, 0.2) is 15.4 Å². The molecule has 1 aliphatic heterocycles. The number of nitrogens with one attached hydrogen (secondary N) is 1. The molecule has 0 bridgehead atoms. The molecule has 0 radical (unpaired) electrons. The summed E-state index contributed by atoms with van der Waals surface area (Å²) in [5, 5.41) is 0. The molecule has 1 aromatic heterocycles. The molecule has 0 amide bonds. The smallest absolute Gasteiger partial charge is 0.244 e. The Labute approximate surface area is 107 Å². The third kappa shape index (κ3) is 2.92. The first-order valence-corrected chi connectivity index (χ1v) is 7.40. The predicted molar refractivity (Wildman–Crippen MR) is 65.5 cm³/mol. The lowest BCUT2D eigenvalue weighted by molar-refractivity contribution is 0.0832. The molecule has 7 heteroatoms. The normalized spacial score (nSPS) is 18.1. The van der Waals surface area contributed by atoms with Crippen LogP contribution in [0.2, 0.25) is 0 Å². The van der Waals surface area contributed by atoms with Crippen LogP contribution in [0.5, 0.6) is 0 Å². The minimum atomic E-state index is -3.53. The molecule has 1 saturated heterocycles. The summed E-state index contributed by atoms with van der Waals surface area (Å²) >= 11 is 0. The van der Waals surface area contributed by atoms with E-state index in [2.05, 4.69) is 4.72 Å². The van der Waals surface area contributed by atoms with Gasteiger partial charge in [-0.25, -0.2) is 13.1 Å². The Kier molecular flexibility index (Phi) is 4.06. The molecule has 6 nitrogen and oxygen atoms in total. The Morgan fingerprint density at radius 3 is 2.67 bits per heavy atom. The second-order valence-electron chi connectivity index (χ2n) is 4.35. The van der Waals surface area contributed by atoms with Gasteiger partial charge >= 0.3 is 0 Å². The average Bonchev–Trinajstić information content (AvgIpc) is 2.72. The summed E-state index contributed by atoms with van der Waals surface area (Å²) in [6.07, 6.45) is 1.39. The van der Waals surface area contributed by atoms with E-state index in [0.717, 1.165) is 0 Å². The van der Waals surface area contributed by atoms with Crippen LogP contribution in [0, 0.1) is 6.92 Å². The van der Waals surface area contributed by atoms with Crippen molar-refractivity contribution in [1.29, 1.82) is 0 Å². The van der Waals surface area contributed by atoms with Gasteiger partial charge in [-0.05, 0) is 19.8 Å². The molecule has 0 atom stereocenters. The van der Waals surface area contributed by atoms with Crippen molar-refractivity contribution in [2.75, 3.05) is 13.2 Å². The molecule has 2 heterocycles. The van der Waals surface area contributed by atoms with Crippen molar-refractivity contribution < 1.29 is 17.6 Å². The number of nitrogens with two attached hydrogens (primary N) is 1. The summed E-state index contributed by atoms with van der Waals surface area (Å²) in [6.45, 7) is 2.99. The molecule has 0 saturated carbocycles. The quantitative estimate of drug-likeness (QED) is 0.834. The third-order valence-electron chi connectivity index (χ3n) is 2.96. The van der Waals surface area contributed by atoms with Crippen molar-refractivity contribution in [2.45, 2.75) is 37.2 Å². The van der Waals surface area contributed by atoms with Crippen LogP contribution in [0.25, 0.3) is 0 Å². The SMILES string of the molecule is Cc1oc(CN)cc1S(=O)(=O)NC1CCOCC1. The summed E-state index contributed by atoms with van der Waals surface area (Å²) in [5.74, 6) is 0.842. The molecular formula is C11H18N2O4S. The molecule has 0 spiro atoms. The van der Waals surface area contributed by atoms with E-state index >= 15 is 0 Å². The molecule has 1 aromatic rings. The van der Waals surface area contributed by atoms with Crippen LogP contribution in [0.1, 0.15) is 24.4 Å². The molecule has 0 aromatic carbocycles. The second-order valence-corrected chi connectivity index (χ2v) is 6.03. The van der Waals surface area contributed by atoms with Crippen LogP contribution in [-0.4, -0.2) is 27.7 Å². The van der Waals surface area contributed by atoms with E-state index in [4.69, 9.17) is 14.9 Å². The fourth-order valence-electron chi connectivity index (χ4n) is 1.99. The monoisotopic (exact) mass is 274 g/mol. The van der Waals surface area contributed by atoms with E-state index in [1.165, 1.54) is 6.07 Å². The van der Waals surface area contributed by atoms with Crippen molar-refractivity contribution in [3.63, 3.8) is 0 Å². The Hall–Kier alpha value is -0.890.